The van der Waals surface area contributed by atoms with Crippen LogP contribution in [0.15, 0.2) is 54.6 Å². The van der Waals surface area contributed by atoms with Crippen LogP contribution in [0, 0.1) is 0 Å². The second-order valence-electron chi connectivity index (χ2n) is 3.32. The molecule has 0 saturated heterocycles. The molecular weight excluding hydrogens is 289 g/mol. The van der Waals surface area contributed by atoms with Crippen LogP contribution in [0.1, 0.15) is 0 Å². The summed E-state index contributed by atoms with van der Waals surface area (Å²) in [6.07, 6.45) is 0. The fraction of sp³-hybridized carbons (Fsp3) is 0. The normalized spacial score (nSPS) is 10.3. The van der Waals surface area contributed by atoms with Crippen LogP contribution < -0.4 is 68.9 Å². The Morgan fingerprint density at radius 1 is 0.643 bits per heavy atom. The third kappa shape index (κ3) is 1.73. The predicted octanol–water partition coefficient (Wildman–Crippen LogP) is 0.716. The van der Waals surface area contributed by atoms with Gasteiger partial charge in [-0.3, -0.25) is 0 Å². The second kappa shape index (κ2) is 4.47. The van der Waals surface area contributed by atoms with Crippen molar-refractivity contribution >= 4 is 21.5 Å². The standard InChI is InChI=1S/C13H9.Cs/c1-3-7-12-10(5-1)9-11-6-2-4-8-13(11)12;/h1-9H;/q-1;+1. The molecule has 0 heterocycles. The molecule has 0 fully saturated rings. The third-order valence-electron chi connectivity index (χ3n) is 2.52. The van der Waals surface area contributed by atoms with Crippen LogP contribution in [-0.2, 0) is 0 Å². The third-order valence-corrected chi connectivity index (χ3v) is 2.52. The summed E-state index contributed by atoms with van der Waals surface area (Å²) in [5, 5.41) is 5.39. The summed E-state index contributed by atoms with van der Waals surface area (Å²) in [5.74, 6) is 0. The fourth-order valence-electron chi connectivity index (χ4n) is 1.90. The Labute approximate surface area is 142 Å². The van der Waals surface area contributed by atoms with Crippen LogP contribution in [0.4, 0.5) is 0 Å². The molecule has 0 N–H and O–H groups in total. The summed E-state index contributed by atoms with van der Waals surface area (Å²) >= 11 is 0. The summed E-state index contributed by atoms with van der Waals surface area (Å²) in [7, 11) is 0. The average molecular weight is 298 g/mol. The van der Waals surface area contributed by atoms with Gasteiger partial charge in [0.05, 0.1) is 0 Å². The van der Waals surface area contributed by atoms with Crippen molar-refractivity contribution in [1.82, 2.24) is 0 Å². The Morgan fingerprint density at radius 3 is 1.57 bits per heavy atom. The molecule has 0 saturated carbocycles. The molecule has 0 aromatic heterocycles. The van der Waals surface area contributed by atoms with Crippen molar-refractivity contribution in [2.75, 3.05) is 0 Å². The van der Waals surface area contributed by atoms with E-state index in [4.69, 9.17) is 0 Å². The van der Waals surface area contributed by atoms with Gasteiger partial charge in [0, 0.05) is 0 Å². The van der Waals surface area contributed by atoms with Crippen molar-refractivity contribution in [3.63, 3.8) is 0 Å². The van der Waals surface area contributed by atoms with E-state index in [-0.39, 0.29) is 68.9 Å². The number of fused-ring (bicyclic) bond motifs is 3. The van der Waals surface area contributed by atoms with E-state index in [9.17, 15) is 0 Å². The van der Waals surface area contributed by atoms with Crippen molar-refractivity contribution in [3.05, 3.63) is 54.6 Å². The molecule has 1 heteroatoms. The molecule has 3 aromatic carbocycles. The fourth-order valence-corrected chi connectivity index (χ4v) is 1.90. The molecule has 0 unspecified atom stereocenters. The largest absolute Gasteiger partial charge is 1.00 e. The molecule has 0 aliphatic rings. The van der Waals surface area contributed by atoms with E-state index in [1.54, 1.807) is 0 Å². The van der Waals surface area contributed by atoms with Crippen molar-refractivity contribution in [1.29, 1.82) is 0 Å². The first kappa shape index (κ1) is 10.9. The molecule has 0 aliphatic carbocycles. The maximum Gasteiger partial charge on any atom is 1.00 e. The van der Waals surface area contributed by atoms with Gasteiger partial charge < -0.3 is 0 Å². The van der Waals surface area contributed by atoms with Gasteiger partial charge in [0.15, 0.2) is 0 Å². The van der Waals surface area contributed by atoms with Gasteiger partial charge in [-0.15, -0.1) is 39.7 Å². The molecule has 0 atom stereocenters. The Hall–Kier alpha value is 0.362. The summed E-state index contributed by atoms with van der Waals surface area (Å²) in [4.78, 5) is 0. The first-order chi connectivity index (χ1) is 6.45. The zero-order chi connectivity index (χ0) is 8.67. The molecule has 0 aliphatic heterocycles. The van der Waals surface area contributed by atoms with Crippen LogP contribution in [0.5, 0.6) is 0 Å². The van der Waals surface area contributed by atoms with Gasteiger partial charge in [-0.2, -0.15) is 0 Å². The molecule has 14 heavy (non-hydrogen) atoms. The molecule has 0 amide bonds. The van der Waals surface area contributed by atoms with E-state index in [1.165, 1.54) is 21.5 Å². The first-order valence-corrected chi connectivity index (χ1v) is 4.48. The summed E-state index contributed by atoms with van der Waals surface area (Å²) < 4.78 is 0. The van der Waals surface area contributed by atoms with E-state index in [0.29, 0.717) is 0 Å². The molecule has 3 rings (SSSR count). The molecular formula is C13H9Cs. The second-order valence-corrected chi connectivity index (χ2v) is 3.32. The maximum atomic E-state index is 2.24. The Bertz CT molecular complexity index is 513. The number of hydrogen-bond acceptors (Lipinski definition) is 0. The average Bonchev–Trinajstić information content (AvgIpc) is 2.56. The minimum Gasteiger partial charge on any atom is -0.126 e. The van der Waals surface area contributed by atoms with Crippen LogP contribution in [0.2, 0.25) is 0 Å². The van der Waals surface area contributed by atoms with E-state index >= 15 is 0 Å². The number of hydrogen-bond donors (Lipinski definition) is 0. The van der Waals surface area contributed by atoms with Gasteiger partial charge in [0.1, 0.15) is 0 Å². The zero-order valence-corrected chi connectivity index (χ0v) is 14.5. The van der Waals surface area contributed by atoms with E-state index in [2.05, 4.69) is 54.6 Å². The van der Waals surface area contributed by atoms with E-state index < -0.39 is 0 Å². The van der Waals surface area contributed by atoms with Crippen molar-refractivity contribution in [3.8, 4) is 0 Å². The van der Waals surface area contributed by atoms with Gasteiger partial charge >= 0.3 is 68.9 Å². The summed E-state index contributed by atoms with van der Waals surface area (Å²) in [5.41, 5.74) is 0. The van der Waals surface area contributed by atoms with Gasteiger partial charge in [-0.25, -0.2) is 0 Å². The molecule has 62 valence electrons. The van der Waals surface area contributed by atoms with Crippen LogP contribution in [0.3, 0.4) is 0 Å². The summed E-state index contributed by atoms with van der Waals surface area (Å²) in [6.45, 7) is 0. The zero-order valence-electron chi connectivity index (χ0n) is 8.20. The molecule has 3 aromatic rings. The quantitative estimate of drug-likeness (QED) is 0.537. The Kier molecular flexibility index (Phi) is 3.47. The van der Waals surface area contributed by atoms with Gasteiger partial charge in [-0.1, -0.05) is 36.4 Å². The van der Waals surface area contributed by atoms with Crippen molar-refractivity contribution in [2.45, 2.75) is 0 Å². The van der Waals surface area contributed by atoms with E-state index in [0.717, 1.165) is 0 Å². The maximum absolute atomic E-state index is 2.24. The van der Waals surface area contributed by atoms with Gasteiger partial charge in [-0.05, 0) is 0 Å². The Balaban J connectivity index is 0.000000750. The molecule has 0 spiro atoms. The van der Waals surface area contributed by atoms with Gasteiger partial charge in [0.25, 0.3) is 0 Å². The van der Waals surface area contributed by atoms with Crippen LogP contribution in [-0.4, -0.2) is 0 Å². The monoisotopic (exact) mass is 298 g/mol. The first-order valence-electron chi connectivity index (χ1n) is 4.48. The smallest absolute Gasteiger partial charge is 0.126 e. The van der Waals surface area contributed by atoms with E-state index in [1.807, 2.05) is 0 Å². The SMILES string of the molecule is [Cs+].c1ccc2c(c1)[cH-]c1ccccc12. The Morgan fingerprint density at radius 2 is 1.07 bits per heavy atom. The van der Waals surface area contributed by atoms with Gasteiger partial charge in [0.2, 0.25) is 0 Å². The molecule has 0 nitrogen and oxygen atoms in total. The topological polar surface area (TPSA) is 0 Å². The minimum absolute atomic E-state index is 0. The van der Waals surface area contributed by atoms with Crippen LogP contribution >= 0.6 is 0 Å². The number of rotatable bonds is 0. The minimum atomic E-state index is 0. The molecule has 0 radical (unpaired) electrons. The predicted molar refractivity (Wildman–Crippen MR) is 57.0 cm³/mol. The number of benzene rings is 2. The summed E-state index contributed by atoms with van der Waals surface area (Å²) in [6, 6.07) is 19.3. The van der Waals surface area contributed by atoms with Crippen LogP contribution in [0.25, 0.3) is 21.5 Å². The van der Waals surface area contributed by atoms with Crippen molar-refractivity contribution in [2.24, 2.45) is 0 Å². The molecule has 0 bridgehead atoms. The van der Waals surface area contributed by atoms with Crippen molar-refractivity contribution < 1.29 is 68.9 Å².